The van der Waals surface area contributed by atoms with Crippen molar-refractivity contribution in [1.82, 2.24) is 9.97 Å². The number of carbonyl (C=O) groups is 3. The molecule has 0 saturated heterocycles. The van der Waals surface area contributed by atoms with Gasteiger partial charge in [0.05, 0.1) is 69.5 Å². The minimum absolute atomic E-state index is 0. The summed E-state index contributed by atoms with van der Waals surface area (Å²) in [7, 11) is 0. The minimum atomic E-state index is -2.80. The van der Waals surface area contributed by atoms with E-state index < -0.39 is 25.1 Å². The molecule has 4 aromatic carbocycles. The molecule has 56 heavy (non-hydrogen) atoms. The fourth-order valence-corrected chi connectivity index (χ4v) is 3.75. The van der Waals surface area contributed by atoms with Crippen LogP contribution in [0.1, 0.15) is 66.8 Å². The van der Waals surface area contributed by atoms with Crippen molar-refractivity contribution in [3.63, 3.8) is 0 Å². The number of aldehydes is 1. The van der Waals surface area contributed by atoms with E-state index in [4.69, 9.17) is 54.1 Å². The van der Waals surface area contributed by atoms with Crippen molar-refractivity contribution in [3.05, 3.63) is 101 Å². The van der Waals surface area contributed by atoms with E-state index in [9.17, 15) is 27.2 Å². The maximum atomic E-state index is 12.3. The minimum Gasteiger partial charge on any atom is -1.00 e. The molecule has 0 bridgehead atoms. The summed E-state index contributed by atoms with van der Waals surface area (Å²) in [6.07, 6.45) is -4.86. The number of imidazole rings is 1. The monoisotopic (exact) mass is 797 g/mol. The number of aliphatic hydroxyl groups excluding tert-OH is 1. The smallest absolute Gasteiger partial charge is 1.00 e. The van der Waals surface area contributed by atoms with Crippen LogP contribution in [0.15, 0.2) is 72.8 Å². The van der Waals surface area contributed by atoms with Crippen LogP contribution in [0, 0.1) is 0 Å². The first kappa shape index (κ1) is 54.9. The van der Waals surface area contributed by atoms with Crippen LogP contribution < -0.4 is 53.3 Å². The first-order chi connectivity index (χ1) is 25.0. The number of nitrogens with two attached hydrogens (primary N) is 6. The number of hydrogen-bond donors (Lipinski definition) is 9. The summed E-state index contributed by atoms with van der Waals surface area (Å²) < 4.78 is 50.2. The Labute approximate surface area is 345 Å². The first-order valence-corrected chi connectivity index (χ1v) is 15.4. The quantitative estimate of drug-likeness (QED) is 0.0377. The van der Waals surface area contributed by atoms with E-state index in [1.54, 1.807) is 43.3 Å². The van der Waals surface area contributed by atoms with Gasteiger partial charge >= 0.3 is 30.8 Å². The van der Waals surface area contributed by atoms with E-state index in [0.717, 1.165) is 17.5 Å². The van der Waals surface area contributed by atoms with Crippen molar-refractivity contribution >= 4 is 80.7 Å². The van der Waals surface area contributed by atoms with E-state index in [1.807, 2.05) is 19.1 Å². The van der Waals surface area contributed by atoms with Gasteiger partial charge in [-0.2, -0.15) is 0 Å². The Bertz CT molecular complexity index is 1970. The SMILES string of the molecule is C.CCOC(=O)c1ccc(N)c(N)c1.CCc1ccc2nc(C(F)F)[nH]c2c1.Nc1ccc(C(=O)O)cc1N.Nc1ccc(CO)cc1N.O=CC(F)F.[Al].[H-].[Li+]. The topological polar surface area (TPSA) is 286 Å². The molecule has 299 valence electrons. The van der Waals surface area contributed by atoms with Crippen LogP contribution in [-0.4, -0.2) is 68.8 Å². The Morgan fingerprint density at radius 1 is 0.786 bits per heavy atom. The number of hydrogen-bond acceptors (Lipinski definition) is 12. The Morgan fingerprint density at radius 2 is 1.25 bits per heavy atom. The number of carboxylic acids is 1. The van der Waals surface area contributed by atoms with Crippen molar-refractivity contribution in [2.45, 2.75) is 47.2 Å². The zero-order chi connectivity index (χ0) is 40.2. The van der Waals surface area contributed by atoms with Gasteiger partial charge in [0.1, 0.15) is 0 Å². The summed E-state index contributed by atoms with van der Waals surface area (Å²) in [5, 5.41) is 17.2. The number of benzene rings is 4. The number of nitrogens with one attached hydrogen (secondary N) is 1. The molecule has 0 aliphatic heterocycles. The zero-order valence-corrected chi connectivity index (χ0v) is 31.5. The molecule has 0 aliphatic carbocycles. The number of anilines is 6. The molecule has 5 rings (SSSR count). The second-order valence-corrected chi connectivity index (χ2v) is 10.4. The standard InChI is InChI=1S/C10H10F2N2.C9H12N2O2.C7H8N2O2.C7H10N2O.C2H2F2O.CH4.Al.Li.H/c1-2-6-3-4-7-8(5-6)14-10(13-7)9(11)12;1-2-13-9(12)6-3-4-7(10)8(11)5-6;8-5-2-1-4(7(10)11)3-6(5)9;8-6-2-1-5(4-10)3-7(6)9;3-2(4)1-5;;;;/h3-5,9H,2H2,1H3,(H,13,14);3-5H,2,10-11H2,1H3;1-3H,8-9H2,(H,10,11);1-3,10H,4,8-9H2;1-2H;1H4;;;/q;;;;;;;+1;-1. The van der Waals surface area contributed by atoms with E-state index in [0.29, 0.717) is 57.3 Å². The number of esters is 1. The molecule has 3 radical (unpaired) electrons. The van der Waals surface area contributed by atoms with E-state index in [-0.39, 0.29) is 69.0 Å². The van der Waals surface area contributed by atoms with E-state index >= 15 is 0 Å². The van der Waals surface area contributed by atoms with Crippen LogP contribution in [0.25, 0.3) is 11.0 Å². The molecule has 0 spiro atoms. The summed E-state index contributed by atoms with van der Waals surface area (Å²) in [6.45, 7) is 4.12. The fourth-order valence-electron chi connectivity index (χ4n) is 3.75. The Balaban J connectivity index is -0.000000311. The predicted octanol–water partition coefficient (Wildman–Crippen LogP) is 2.81. The van der Waals surface area contributed by atoms with E-state index in [2.05, 4.69) is 9.97 Å². The number of nitrogen functional groups attached to an aromatic ring is 6. The van der Waals surface area contributed by atoms with Gasteiger partial charge in [-0.25, -0.2) is 32.1 Å². The number of aryl methyl sites for hydroxylation is 1. The number of nitrogens with zero attached hydrogens (tertiary/aromatic N) is 1. The number of carbonyl (C=O) groups excluding carboxylic acids is 2. The average Bonchev–Trinajstić information content (AvgIpc) is 3.57. The van der Waals surface area contributed by atoms with Crippen molar-refractivity contribution in [2.75, 3.05) is 41.0 Å². The molecule has 0 fully saturated rings. The van der Waals surface area contributed by atoms with Crippen LogP contribution in [-0.2, 0) is 22.6 Å². The van der Waals surface area contributed by atoms with Gasteiger partial charge in [-0.1, -0.05) is 26.5 Å². The number of rotatable bonds is 7. The van der Waals surface area contributed by atoms with Crippen molar-refractivity contribution in [2.24, 2.45) is 0 Å². The van der Waals surface area contributed by atoms with Crippen LogP contribution in [0.5, 0.6) is 0 Å². The fraction of sp³-hybridized carbons (Fsp3) is 0.222. The Morgan fingerprint density at radius 3 is 1.66 bits per heavy atom. The second-order valence-electron chi connectivity index (χ2n) is 10.4. The third kappa shape index (κ3) is 19.2. The van der Waals surface area contributed by atoms with Gasteiger partial charge in [0.25, 0.3) is 12.9 Å². The first-order valence-electron chi connectivity index (χ1n) is 15.4. The molecule has 14 nitrogen and oxygen atoms in total. The molecule has 0 unspecified atom stereocenters. The molecular formula is C36H47AlF4LiN8O6. The van der Waals surface area contributed by atoms with E-state index in [1.165, 1.54) is 24.3 Å². The van der Waals surface area contributed by atoms with Crippen LogP contribution in [0.3, 0.4) is 0 Å². The van der Waals surface area contributed by atoms with Gasteiger partial charge in [0, 0.05) is 17.4 Å². The number of halogens is 4. The summed E-state index contributed by atoms with van der Waals surface area (Å²) in [5.41, 5.74) is 39.0. The maximum Gasteiger partial charge on any atom is 1.00 e. The number of ether oxygens (including phenoxy) is 1. The molecule has 1 aromatic heterocycles. The van der Waals surface area contributed by atoms with Crippen LogP contribution >= 0.6 is 0 Å². The normalized spacial score (nSPS) is 9.45. The molecule has 0 saturated carbocycles. The third-order valence-corrected chi connectivity index (χ3v) is 6.55. The van der Waals surface area contributed by atoms with Gasteiger partial charge < -0.3 is 55.8 Å². The summed E-state index contributed by atoms with van der Waals surface area (Å²) in [6, 6.07) is 19.5. The van der Waals surface area contributed by atoms with Gasteiger partial charge in [-0.15, -0.1) is 0 Å². The number of carboxylic acid groups (broad SMARTS) is 1. The Kier molecular flexibility index (Phi) is 27.5. The molecule has 20 heteroatoms. The van der Waals surface area contributed by atoms with Gasteiger partial charge in [0.2, 0.25) is 0 Å². The van der Waals surface area contributed by atoms with Gasteiger partial charge in [-0.3, -0.25) is 4.79 Å². The average molecular weight is 798 g/mol. The molecule has 0 amide bonds. The molecule has 15 N–H and O–H groups in total. The number of aromatic nitrogens is 2. The van der Waals surface area contributed by atoms with Crippen LogP contribution in [0.4, 0.5) is 51.7 Å². The molecule has 1 heterocycles. The summed E-state index contributed by atoms with van der Waals surface area (Å²) in [5.74, 6) is -1.64. The Hall–Kier alpha value is -5.43. The number of alkyl halides is 4. The molecule has 5 aromatic rings. The van der Waals surface area contributed by atoms with Crippen molar-refractivity contribution in [1.29, 1.82) is 0 Å². The molecule has 0 aliphatic rings. The third-order valence-electron chi connectivity index (χ3n) is 6.55. The summed E-state index contributed by atoms with van der Waals surface area (Å²) in [4.78, 5) is 36.7. The van der Waals surface area contributed by atoms with Crippen molar-refractivity contribution in [3.8, 4) is 0 Å². The van der Waals surface area contributed by atoms with Crippen molar-refractivity contribution < 1.29 is 67.2 Å². The number of aromatic amines is 1. The zero-order valence-electron chi connectivity index (χ0n) is 31.3. The molecule has 0 atom stereocenters. The summed E-state index contributed by atoms with van der Waals surface area (Å²) >= 11 is 0. The number of aliphatic hydroxyl groups is 1. The largest absolute Gasteiger partial charge is 1.00 e. The second kappa shape index (κ2) is 28.0. The number of fused-ring (bicyclic) bond motifs is 1. The molecular weight excluding hydrogens is 750 g/mol. The van der Waals surface area contributed by atoms with Crippen LogP contribution in [0.2, 0.25) is 0 Å². The maximum absolute atomic E-state index is 12.3. The van der Waals surface area contributed by atoms with Gasteiger partial charge in [0.15, 0.2) is 12.1 Å². The number of H-pyrrole nitrogens is 1. The number of aromatic carboxylic acids is 1. The predicted molar refractivity (Wildman–Crippen MR) is 211 cm³/mol. The van der Waals surface area contributed by atoms with Gasteiger partial charge in [-0.05, 0) is 85.1 Å².